The van der Waals surface area contributed by atoms with E-state index in [0.717, 1.165) is 20.0 Å². The van der Waals surface area contributed by atoms with E-state index in [2.05, 4.69) is 29.2 Å². The number of halogens is 2. The number of alkyl halides is 2. The smallest absolute Gasteiger partial charge is 0.245 e. The van der Waals surface area contributed by atoms with E-state index in [1.54, 1.807) is 0 Å². The van der Waals surface area contributed by atoms with Crippen molar-refractivity contribution < 1.29 is 8.78 Å². The number of hydrogen-bond donors (Lipinski definition) is 0. The molecule has 0 aromatic heterocycles. The van der Waals surface area contributed by atoms with Crippen LogP contribution in [0.1, 0.15) is 30.9 Å². The first-order chi connectivity index (χ1) is 10.5. The molecule has 0 bridgehead atoms. The molecule has 0 unspecified atom stereocenters. The minimum absolute atomic E-state index is 0.0624. The molecular weight excluding hydrogens is 280 g/mol. The Hall–Kier alpha value is -1.74. The van der Waals surface area contributed by atoms with Gasteiger partial charge in [-0.2, -0.15) is 0 Å². The lowest BCUT2D eigenvalue weighted by atomic mass is 10.1. The molecular formula is C19H23F2N. The van der Waals surface area contributed by atoms with Crippen molar-refractivity contribution in [3.05, 3.63) is 71.8 Å². The quantitative estimate of drug-likeness (QED) is 0.654. The molecule has 0 atom stereocenters. The fourth-order valence-corrected chi connectivity index (χ4v) is 2.51. The molecule has 1 nitrogen and oxygen atoms in total. The molecule has 0 aliphatic carbocycles. The molecule has 3 heteroatoms. The van der Waals surface area contributed by atoms with Crippen LogP contribution < -0.4 is 0 Å². The molecule has 2 rings (SSSR count). The van der Waals surface area contributed by atoms with Crippen molar-refractivity contribution in [1.82, 2.24) is 4.90 Å². The van der Waals surface area contributed by atoms with Crippen LogP contribution in [0.5, 0.6) is 0 Å². The van der Waals surface area contributed by atoms with Gasteiger partial charge in [-0.1, -0.05) is 60.7 Å². The Balaban J connectivity index is 1.97. The van der Waals surface area contributed by atoms with Gasteiger partial charge in [0.05, 0.1) is 0 Å². The van der Waals surface area contributed by atoms with Crippen molar-refractivity contribution in [3.63, 3.8) is 0 Å². The van der Waals surface area contributed by atoms with Gasteiger partial charge in [0.1, 0.15) is 0 Å². The summed E-state index contributed by atoms with van der Waals surface area (Å²) in [6.45, 7) is 3.23. The Morgan fingerprint density at radius 2 is 1.27 bits per heavy atom. The van der Waals surface area contributed by atoms with Gasteiger partial charge in [0, 0.05) is 19.5 Å². The van der Waals surface area contributed by atoms with Gasteiger partial charge < -0.3 is 0 Å². The van der Waals surface area contributed by atoms with Crippen LogP contribution >= 0.6 is 0 Å². The second-order valence-electron chi connectivity index (χ2n) is 5.86. The second kappa shape index (κ2) is 8.04. The average Bonchev–Trinajstić information content (AvgIpc) is 2.48. The van der Waals surface area contributed by atoms with Crippen molar-refractivity contribution in [3.8, 4) is 0 Å². The van der Waals surface area contributed by atoms with Crippen LogP contribution in [0.4, 0.5) is 8.78 Å². The van der Waals surface area contributed by atoms with Crippen molar-refractivity contribution in [2.24, 2.45) is 0 Å². The lowest BCUT2D eigenvalue weighted by Crippen LogP contribution is -2.25. The van der Waals surface area contributed by atoms with E-state index in [4.69, 9.17) is 0 Å². The number of benzene rings is 2. The van der Waals surface area contributed by atoms with Gasteiger partial charge in [-0.25, -0.2) is 8.78 Å². The molecule has 0 fully saturated rings. The molecule has 0 heterocycles. The third kappa shape index (κ3) is 6.35. The minimum atomic E-state index is -2.58. The zero-order valence-electron chi connectivity index (χ0n) is 13.0. The van der Waals surface area contributed by atoms with Gasteiger partial charge in [-0.15, -0.1) is 0 Å². The van der Waals surface area contributed by atoms with E-state index in [9.17, 15) is 8.78 Å². The van der Waals surface area contributed by atoms with E-state index >= 15 is 0 Å². The molecule has 2 aromatic carbocycles. The summed E-state index contributed by atoms with van der Waals surface area (Å²) < 4.78 is 26.0. The summed E-state index contributed by atoms with van der Waals surface area (Å²) in [5.41, 5.74) is 2.42. The third-order valence-electron chi connectivity index (χ3n) is 3.59. The molecule has 0 amide bonds. The summed E-state index contributed by atoms with van der Waals surface area (Å²) in [5.74, 6) is -2.58. The highest BCUT2D eigenvalue weighted by molar-refractivity contribution is 5.17. The maximum atomic E-state index is 13.0. The maximum Gasteiger partial charge on any atom is 0.245 e. The van der Waals surface area contributed by atoms with Gasteiger partial charge in [0.2, 0.25) is 5.92 Å². The second-order valence-corrected chi connectivity index (χ2v) is 5.86. The summed E-state index contributed by atoms with van der Waals surface area (Å²) in [6, 6.07) is 20.3. The lowest BCUT2D eigenvalue weighted by molar-refractivity contribution is 0.00804. The number of rotatable bonds is 8. The van der Waals surface area contributed by atoms with Crippen LogP contribution in [-0.4, -0.2) is 17.4 Å². The summed E-state index contributed by atoms with van der Waals surface area (Å²) >= 11 is 0. The zero-order chi connectivity index (χ0) is 15.8. The monoisotopic (exact) mass is 303 g/mol. The normalized spacial score (nSPS) is 11.8. The number of hydrogen-bond acceptors (Lipinski definition) is 1. The van der Waals surface area contributed by atoms with Gasteiger partial charge in [-0.05, 0) is 31.0 Å². The van der Waals surface area contributed by atoms with Crippen molar-refractivity contribution >= 4 is 0 Å². The molecule has 2 aromatic rings. The van der Waals surface area contributed by atoms with Crippen LogP contribution in [0.3, 0.4) is 0 Å². The number of nitrogens with zero attached hydrogens (tertiary/aromatic N) is 1. The SMILES string of the molecule is CC(F)(F)CCCN(Cc1ccccc1)Cc1ccccc1. The fourth-order valence-electron chi connectivity index (χ4n) is 2.51. The predicted molar refractivity (Wildman–Crippen MR) is 86.9 cm³/mol. The Labute approximate surface area is 131 Å². The van der Waals surface area contributed by atoms with Crippen LogP contribution in [0.15, 0.2) is 60.7 Å². The molecule has 0 saturated heterocycles. The summed E-state index contributed by atoms with van der Waals surface area (Å²) in [7, 11) is 0. The standard InChI is InChI=1S/C19H23F2N/c1-19(20,21)13-8-14-22(15-17-9-4-2-5-10-17)16-18-11-6-3-7-12-18/h2-7,9-12H,8,13-16H2,1H3. The van der Waals surface area contributed by atoms with Gasteiger partial charge >= 0.3 is 0 Å². The first-order valence-corrected chi connectivity index (χ1v) is 7.71. The third-order valence-corrected chi connectivity index (χ3v) is 3.59. The van der Waals surface area contributed by atoms with Crippen molar-refractivity contribution in [1.29, 1.82) is 0 Å². The maximum absolute atomic E-state index is 13.0. The Kier molecular flexibility index (Phi) is 6.08. The van der Waals surface area contributed by atoms with Gasteiger partial charge in [0.25, 0.3) is 0 Å². The Morgan fingerprint density at radius 3 is 1.68 bits per heavy atom. The van der Waals surface area contributed by atoms with Crippen molar-refractivity contribution in [2.75, 3.05) is 6.54 Å². The first kappa shape index (κ1) is 16.6. The molecule has 0 aliphatic rings. The molecule has 118 valence electrons. The van der Waals surface area contributed by atoms with E-state index in [1.807, 2.05) is 36.4 Å². The predicted octanol–water partition coefficient (Wildman–Crippen LogP) is 5.12. The Bertz CT molecular complexity index is 493. The molecule has 0 spiro atoms. The highest BCUT2D eigenvalue weighted by Crippen LogP contribution is 2.20. The lowest BCUT2D eigenvalue weighted by Gasteiger charge is -2.23. The van der Waals surface area contributed by atoms with E-state index in [-0.39, 0.29) is 6.42 Å². The minimum Gasteiger partial charge on any atom is -0.295 e. The molecule has 0 radical (unpaired) electrons. The van der Waals surface area contributed by atoms with Gasteiger partial charge in [0.15, 0.2) is 0 Å². The van der Waals surface area contributed by atoms with Crippen LogP contribution in [0, 0.1) is 0 Å². The molecule has 0 saturated carbocycles. The highest BCUT2D eigenvalue weighted by atomic mass is 19.3. The zero-order valence-corrected chi connectivity index (χ0v) is 13.0. The van der Waals surface area contributed by atoms with E-state index in [0.29, 0.717) is 13.0 Å². The summed E-state index contributed by atoms with van der Waals surface area (Å²) in [4.78, 5) is 2.23. The largest absolute Gasteiger partial charge is 0.295 e. The van der Waals surface area contributed by atoms with Crippen LogP contribution in [0.25, 0.3) is 0 Å². The fraction of sp³-hybridized carbons (Fsp3) is 0.368. The molecule has 0 N–H and O–H groups in total. The summed E-state index contributed by atoms with van der Waals surface area (Å²) in [5, 5.41) is 0. The molecule has 0 aliphatic heterocycles. The first-order valence-electron chi connectivity index (χ1n) is 7.71. The molecule has 22 heavy (non-hydrogen) atoms. The van der Waals surface area contributed by atoms with Gasteiger partial charge in [-0.3, -0.25) is 4.90 Å². The van der Waals surface area contributed by atoms with E-state index in [1.165, 1.54) is 11.1 Å². The average molecular weight is 303 g/mol. The Morgan fingerprint density at radius 1 is 0.818 bits per heavy atom. The van der Waals surface area contributed by atoms with Crippen LogP contribution in [0.2, 0.25) is 0 Å². The van der Waals surface area contributed by atoms with Crippen molar-refractivity contribution in [2.45, 2.75) is 38.8 Å². The van der Waals surface area contributed by atoms with Crippen LogP contribution in [-0.2, 0) is 13.1 Å². The van der Waals surface area contributed by atoms with E-state index < -0.39 is 5.92 Å². The highest BCUT2D eigenvalue weighted by Gasteiger charge is 2.20. The summed E-state index contributed by atoms with van der Waals surface area (Å²) in [6.07, 6.45) is 0.441. The topological polar surface area (TPSA) is 3.24 Å².